The molecule has 0 bridgehead atoms. The Balaban J connectivity index is 3.42. The van der Waals surface area contributed by atoms with Gasteiger partial charge < -0.3 is 4.74 Å². The number of benzene rings is 1. The van der Waals surface area contributed by atoms with Gasteiger partial charge in [0.25, 0.3) is 0 Å². The Kier molecular flexibility index (Phi) is 4.36. The molecule has 86 valence electrons. The summed E-state index contributed by atoms with van der Waals surface area (Å²) in [7, 11) is 1.71. The van der Waals surface area contributed by atoms with Gasteiger partial charge >= 0.3 is 0 Å². The monoisotopic (exact) mass is 216 g/mol. The zero-order valence-electron chi connectivity index (χ0n) is 10.8. The molecular formula is C15H20O. The van der Waals surface area contributed by atoms with E-state index < -0.39 is 0 Å². The summed E-state index contributed by atoms with van der Waals surface area (Å²) in [5, 5.41) is 0. The number of hydrogen-bond acceptors (Lipinski definition) is 1. The molecular weight excluding hydrogens is 196 g/mol. The maximum absolute atomic E-state index is 5.36. The van der Waals surface area contributed by atoms with Crippen molar-refractivity contribution in [3.05, 3.63) is 47.1 Å². The summed E-state index contributed by atoms with van der Waals surface area (Å²) in [5.41, 5.74) is 5.01. The largest absolute Gasteiger partial charge is 0.496 e. The number of rotatable bonds is 3. The van der Waals surface area contributed by atoms with Gasteiger partial charge in [0, 0.05) is 0 Å². The van der Waals surface area contributed by atoms with Crippen molar-refractivity contribution in [2.24, 2.45) is 0 Å². The fourth-order valence-corrected chi connectivity index (χ4v) is 2.00. The molecule has 0 aliphatic carbocycles. The molecule has 1 aromatic rings. The first-order valence-electron chi connectivity index (χ1n) is 5.59. The normalized spacial score (nSPS) is 12.2. The second kappa shape index (κ2) is 5.55. The van der Waals surface area contributed by atoms with Gasteiger partial charge in [0.1, 0.15) is 5.75 Å². The third kappa shape index (κ3) is 2.35. The van der Waals surface area contributed by atoms with Gasteiger partial charge in [0.15, 0.2) is 0 Å². The third-order valence-electron chi connectivity index (χ3n) is 2.79. The SMILES string of the molecule is C/C=C\C(=C/C)c1c(C)ccc(OC)c1C. The lowest BCUT2D eigenvalue weighted by Crippen LogP contribution is -1.95. The first-order chi connectivity index (χ1) is 7.65. The van der Waals surface area contributed by atoms with Crippen LogP contribution in [0.2, 0.25) is 0 Å². The lowest BCUT2D eigenvalue weighted by atomic mass is 9.94. The Bertz CT molecular complexity index is 425. The second-order valence-electron chi connectivity index (χ2n) is 3.83. The van der Waals surface area contributed by atoms with E-state index in [1.807, 2.05) is 13.0 Å². The molecule has 1 rings (SSSR count). The van der Waals surface area contributed by atoms with Gasteiger partial charge in [-0.15, -0.1) is 0 Å². The molecule has 16 heavy (non-hydrogen) atoms. The maximum atomic E-state index is 5.36. The first-order valence-corrected chi connectivity index (χ1v) is 5.59. The number of methoxy groups -OCH3 is 1. The minimum atomic E-state index is 0.949. The second-order valence-corrected chi connectivity index (χ2v) is 3.83. The van der Waals surface area contributed by atoms with Crippen molar-refractivity contribution in [2.45, 2.75) is 27.7 Å². The Morgan fingerprint density at radius 1 is 1.19 bits per heavy atom. The summed E-state index contributed by atoms with van der Waals surface area (Å²) in [6, 6.07) is 4.13. The summed E-state index contributed by atoms with van der Waals surface area (Å²) in [4.78, 5) is 0. The predicted molar refractivity (Wildman–Crippen MR) is 70.9 cm³/mol. The predicted octanol–water partition coefficient (Wildman–Crippen LogP) is 4.29. The molecule has 0 saturated carbocycles. The highest BCUT2D eigenvalue weighted by molar-refractivity contribution is 5.79. The average molecular weight is 216 g/mol. The van der Waals surface area contributed by atoms with Crippen molar-refractivity contribution in [1.82, 2.24) is 0 Å². The number of ether oxygens (including phenoxy) is 1. The fourth-order valence-electron chi connectivity index (χ4n) is 2.00. The van der Waals surface area contributed by atoms with Gasteiger partial charge in [-0.3, -0.25) is 0 Å². The van der Waals surface area contributed by atoms with Crippen molar-refractivity contribution in [2.75, 3.05) is 7.11 Å². The van der Waals surface area contributed by atoms with Crippen LogP contribution in [-0.4, -0.2) is 7.11 Å². The minimum Gasteiger partial charge on any atom is -0.496 e. The standard InChI is InChI=1S/C15H20O/c1-6-8-13(7-2)15-11(3)9-10-14(16-5)12(15)4/h6-10H,1-5H3/b8-6-,13-7+. The van der Waals surface area contributed by atoms with E-state index in [9.17, 15) is 0 Å². The zero-order chi connectivity index (χ0) is 12.1. The lowest BCUT2D eigenvalue weighted by Gasteiger charge is -2.14. The van der Waals surface area contributed by atoms with E-state index in [2.05, 4.69) is 45.1 Å². The average Bonchev–Trinajstić information content (AvgIpc) is 2.28. The molecule has 0 N–H and O–H groups in total. The van der Waals surface area contributed by atoms with E-state index >= 15 is 0 Å². The van der Waals surface area contributed by atoms with E-state index in [1.54, 1.807) is 7.11 Å². The van der Waals surface area contributed by atoms with Crippen LogP contribution in [-0.2, 0) is 0 Å². The zero-order valence-corrected chi connectivity index (χ0v) is 10.8. The summed E-state index contributed by atoms with van der Waals surface area (Å²) >= 11 is 0. The van der Waals surface area contributed by atoms with Crippen LogP contribution in [0.3, 0.4) is 0 Å². The van der Waals surface area contributed by atoms with Gasteiger partial charge in [-0.05, 0) is 56.0 Å². The molecule has 0 fully saturated rings. The van der Waals surface area contributed by atoms with Crippen molar-refractivity contribution < 1.29 is 4.74 Å². The van der Waals surface area contributed by atoms with Crippen LogP contribution in [0, 0.1) is 13.8 Å². The Morgan fingerprint density at radius 3 is 2.38 bits per heavy atom. The quantitative estimate of drug-likeness (QED) is 0.685. The molecule has 0 aliphatic heterocycles. The summed E-state index contributed by atoms with van der Waals surface area (Å²) in [6.07, 6.45) is 6.33. The van der Waals surface area contributed by atoms with Gasteiger partial charge in [-0.25, -0.2) is 0 Å². The molecule has 0 atom stereocenters. The van der Waals surface area contributed by atoms with Gasteiger partial charge in [-0.2, -0.15) is 0 Å². The molecule has 0 radical (unpaired) electrons. The fraction of sp³-hybridized carbons (Fsp3) is 0.333. The third-order valence-corrected chi connectivity index (χ3v) is 2.79. The van der Waals surface area contributed by atoms with Crippen LogP contribution in [0.25, 0.3) is 5.57 Å². The molecule has 1 aromatic carbocycles. The maximum Gasteiger partial charge on any atom is 0.122 e. The van der Waals surface area contributed by atoms with Crippen molar-refractivity contribution >= 4 is 5.57 Å². The molecule has 0 unspecified atom stereocenters. The van der Waals surface area contributed by atoms with Crippen LogP contribution in [0.5, 0.6) is 5.75 Å². The van der Waals surface area contributed by atoms with E-state index in [4.69, 9.17) is 4.74 Å². The molecule has 0 aromatic heterocycles. The van der Waals surface area contributed by atoms with E-state index in [0.29, 0.717) is 0 Å². The van der Waals surface area contributed by atoms with E-state index in [-0.39, 0.29) is 0 Å². The number of hydrogen-bond donors (Lipinski definition) is 0. The number of allylic oxidation sites excluding steroid dienone is 4. The molecule has 0 heterocycles. The first kappa shape index (κ1) is 12.6. The Hall–Kier alpha value is -1.50. The molecule has 1 heteroatoms. The van der Waals surface area contributed by atoms with E-state index in [1.165, 1.54) is 22.3 Å². The lowest BCUT2D eigenvalue weighted by molar-refractivity contribution is 0.411. The van der Waals surface area contributed by atoms with E-state index in [0.717, 1.165) is 5.75 Å². The van der Waals surface area contributed by atoms with Gasteiger partial charge in [0.05, 0.1) is 7.11 Å². The topological polar surface area (TPSA) is 9.23 Å². The van der Waals surface area contributed by atoms with Gasteiger partial charge in [0.2, 0.25) is 0 Å². The summed E-state index contributed by atoms with van der Waals surface area (Å²) < 4.78 is 5.36. The van der Waals surface area contributed by atoms with Crippen LogP contribution in [0.15, 0.2) is 30.4 Å². The molecule has 0 aliphatic rings. The highest BCUT2D eigenvalue weighted by Gasteiger charge is 2.09. The van der Waals surface area contributed by atoms with Crippen molar-refractivity contribution in [1.29, 1.82) is 0 Å². The smallest absolute Gasteiger partial charge is 0.122 e. The highest BCUT2D eigenvalue weighted by atomic mass is 16.5. The summed E-state index contributed by atoms with van der Waals surface area (Å²) in [5.74, 6) is 0.949. The minimum absolute atomic E-state index is 0.949. The van der Waals surface area contributed by atoms with Crippen LogP contribution >= 0.6 is 0 Å². The number of aryl methyl sites for hydroxylation is 1. The van der Waals surface area contributed by atoms with Crippen LogP contribution < -0.4 is 4.74 Å². The van der Waals surface area contributed by atoms with Crippen molar-refractivity contribution in [3.8, 4) is 5.75 Å². The van der Waals surface area contributed by atoms with Crippen LogP contribution in [0.4, 0.5) is 0 Å². The van der Waals surface area contributed by atoms with Gasteiger partial charge in [-0.1, -0.05) is 24.3 Å². The van der Waals surface area contributed by atoms with Crippen LogP contribution in [0.1, 0.15) is 30.5 Å². The molecule has 0 saturated heterocycles. The Morgan fingerprint density at radius 2 is 1.88 bits per heavy atom. The molecule has 0 amide bonds. The summed E-state index contributed by atoms with van der Waals surface area (Å²) in [6.45, 7) is 8.34. The van der Waals surface area contributed by atoms with Crippen molar-refractivity contribution in [3.63, 3.8) is 0 Å². The molecule has 1 nitrogen and oxygen atoms in total. The highest BCUT2D eigenvalue weighted by Crippen LogP contribution is 2.30. The molecule has 0 spiro atoms. The Labute approximate surface area is 98.5 Å².